The number of esters is 1. The monoisotopic (exact) mass is 280 g/mol. The maximum Gasteiger partial charge on any atom is 0.308 e. The fourth-order valence-corrected chi connectivity index (χ4v) is 1.54. The standard InChI is InChI=1S/C10H10O2.C9H10/c1-3-9-4-6-10(7-5-9)12-8(2)11;1-3-9-6-4-8(2)5-7-9/h3-7H,1H2,2H3;3-7H,1H2,2H3. The van der Waals surface area contributed by atoms with Crippen LogP contribution in [-0.2, 0) is 4.79 Å². The minimum atomic E-state index is -0.304. The van der Waals surface area contributed by atoms with E-state index in [1.165, 1.54) is 18.1 Å². The number of carbonyl (C=O) groups is 1. The summed E-state index contributed by atoms with van der Waals surface area (Å²) in [5.74, 6) is 0.259. The van der Waals surface area contributed by atoms with E-state index in [2.05, 4.69) is 44.3 Å². The molecule has 0 unspecified atom stereocenters. The van der Waals surface area contributed by atoms with E-state index >= 15 is 0 Å². The van der Waals surface area contributed by atoms with E-state index in [1.807, 2.05) is 18.2 Å². The molecule has 21 heavy (non-hydrogen) atoms. The van der Waals surface area contributed by atoms with Crippen LogP contribution in [0.1, 0.15) is 23.6 Å². The third-order valence-electron chi connectivity index (χ3n) is 2.69. The fourth-order valence-electron chi connectivity index (χ4n) is 1.54. The molecule has 0 N–H and O–H groups in total. The molecule has 0 radical (unpaired) electrons. The molecular weight excluding hydrogens is 260 g/mol. The Kier molecular flexibility index (Phi) is 6.69. The van der Waals surface area contributed by atoms with Crippen molar-refractivity contribution in [2.45, 2.75) is 13.8 Å². The van der Waals surface area contributed by atoms with E-state index in [-0.39, 0.29) is 5.97 Å². The average molecular weight is 280 g/mol. The lowest BCUT2D eigenvalue weighted by Crippen LogP contribution is -2.00. The molecule has 2 aromatic carbocycles. The number of aryl methyl sites for hydroxylation is 1. The first-order valence-corrected chi connectivity index (χ1v) is 6.65. The van der Waals surface area contributed by atoms with Gasteiger partial charge in [0.15, 0.2) is 0 Å². The molecule has 0 fully saturated rings. The molecule has 0 bridgehead atoms. The lowest BCUT2D eigenvalue weighted by molar-refractivity contribution is -0.131. The highest BCUT2D eigenvalue weighted by Gasteiger charge is 1.95. The summed E-state index contributed by atoms with van der Waals surface area (Å²) in [6.07, 6.45) is 3.58. The van der Waals surface area contributed by atoms with Crippen molar-refractivity contribution < 1.29 is 9.53 Å². The quantitative estimate of drug-likeness (QED) is 0.591. The van der Waals surface area contributed by atoms with E-state index < -0.39 is 0 Å². The summed E-state index contributed by atoms with van der Waals surface area (Å²) in [6, 6.07) is 15.4. The van der Waals surface area contributed by atoms with Gasteiger partial charge in [-0.15, -0.1) is 0 Å². The van der Waals surface area contributed by atoms with E-state index in [0.29, 0.717) is 5.75 Å². The van der Waals surface area contributed by atoms with Crippen molar-refractivity contribution in [2.75, 3.05) is 0 Å². The molecule has 0 heterocycles. The molecule has 0 amide bonds. The second-order valence-electron chi connectivity index (χ2n) is 4.48. The Bertz CT molecular complexity index is 592. The van der Waals surface area contributed by atoms with Crippen molar-refractivity contribution >= 4 is 18.1 Å². The molecule has 108 valence electrons. The van der Waals surface area contributed by atoms with Gasteiger partial charge in [-0.05, 0) is 30.2 Å². The van der Waals surface area contributed by atoms with Crippen LogP contribution in [-0.4, -0.2) is 5.97 Å². The SMILES string of the molecule is C=Cc1ccc(C)cc1.C=Cc1ccc(OC(C)=O)cc1. The Labute approximate surface area is 126 Å². The van der Waals surface area contributed by atoms with Gasteiger partial charge < -0.3 is 4.74 Å². The first-order valence-electron chi connectivity index (χ1n) is 6.65. The van der Waals surface area contributed by atoms with Crippen LogP contribution in [0.15, 0.2) is 61.7 Å². The Morgan fingerprint density at radius 1 is 0.905 bits per heavy atom. The summed E-state index contributed by atoms with van der Waals surface area (Å²) in [5, 5.41) is 0. The third kappa shape index (κ3) is 6.39. The maximum atomic E-state index is 10.5. The highest BCUT2D eigenvalue weighted by Crippen LogP contribution is 2.12. The topological polar surface area (TPSA) is 26.3 Å². The number of carbonyl (C=O) groups excluding carboxylic acids is 1. The van der Waals surface area contributed by atoms with Gasteiger partial charge in [-0.1, -0.05) is 67.3 Å². The first-order chi connectivity index (χ1) is 10.0. The van der Waals surface area contributed by atoms with Gasteiger partial charge >= 0.3 is 5.97 Å². The smallest absolute Gasteiger partial charge is 0.308 e. The number of hydrogen-bond acceptors (Lipinski definition) is 2. The first kappa shape index (κ1) is 16.4. The van der Waals surface area contributed by atoms with E-state index in [0.717, 1.165) is 5.56 Å². The molecule has 0 saturated carbocycles. The normalized spacial score (nSPS) is 9.05. The molecule has 2 aromatic rings. The van der Waals surface area contributed by atoms with Crippen LogP contribution >= 0.6 is 0 Å². The van der Waals surface area contributed by atoms with Crippen molar-refractivity contribution in [3.05, 3.63) is 78.4 Å². The summed E-state index contributed by atoms with van der Waals surface area (Å²) in [4.78, 5) is 10.5. The van der Waals surface area contributed by atoms with Crippen LogP contribution in [0.25, 0.3) is 12.2 Å². The third-order valence-corrected chi connectivity index (χ3v) is 2.69. The highest BCUT2D eigenvalue weighted by molar-refractivity contribution is 5.69. The zero-order chi connectivity index (χ0) is 15.7. The van der Waals surface area contributed by atoms with Gasteiger partial charge in [0, 0.05) is 6.92 Å². The zero-order valence-corrected chi connectivity index (χ0v) is 12.5. The predicted octanol–water partition coefficient (Wildman–Crippen LogP) is 4.89. The van der Waals surface area contributed by atoms with Crippen LogP contribution in [0.4, 0.5) is 0 Å². The van der Waals surface area contributed by atoms with Crippen molar-refractivity contribution in [1.29, 1.82) is 0 Å². The Morgan fingerprint density at radius 2 is 1.33 bits per heavy atom. The van der Waals surface area contributed by atoms with Gasteiger partial charge in [-0.2, -0.15) is 0 Å². The predicted molar refractivity (Wildman–Crippen MR) is 89.1 cm³/mol. The molecule has 0 aliphatic carbocycles. The lowest BCUT2D eigenvalue weighted by atomic mass is 10.2. The van der Waals surface area contributed by atoms with Crippen LogP contribution < -0.4 is 4.74 Å². The summed E-state index contributed by atoms with van der Waals surface area (Å²) < 4.78 is 4.84. The number of hydrogen-bond donors (Lipinski definition) is 0. The number of benzene rings is 2. The number of rotatable bonds is 3. The molecule has 2 heteroatoms. The second-order valence-corrected chi connectivity index (χ2v) is 4.48. The Hall–Kier alpha value is -2.61. The van der Waals surface area contributed by atoms with Gasteiger partial charge in [0.25, 0.3) is 0 Å². The Morgan fingerprint density at radius 3 is 1.71 bits per heavy atom. The summed E-state index contributed by atoms with van der Waals surface area (Å²) in [7, 11) is 0. The van der Waals surface area contributed by atoms with Crippen LogP contribution in [0.5, 0.6) is 5.75 Å². The van der Waals surface area contributed by atoms with Gasteiger partial charge in [-0.25, -0.2) is 0 Å². The zero-order valence-electron chi connectivity index (χ0n) is 12.5. The van der Waals surface area contributed by atoms with Gasteiger partial charge in [0.05, 0.1) is 0 Å². The van der Waals surface area contributed by atoms with Crippen molar-refractivity contribution in [1.82, 2.24) is 0 Å². The van der Waals surface area contributed by atoms with E-state index in [1.54, 1.807) is 18.2 Å². The van der Waals surface area contributed by atoms with Gasteiger partial charge in [0.2, 0.25) is 0 Å². The molecule has 0 aliphatic heterocycles. The summed E-state index contributed by atoms with van der Waals surface area (Å²) >= 11 is 0. The van der Waals surface area contributed by atoms with Crippen molar-refractivity contribution in [3.8, 4) is 5.75 Å². The lowest BCUT2D eigenvalue weighted by Gasteiger charge is -1.99. The second kappa shape index (κ2) is 8.54. The molecule has 2 rings (SSSR count). The largest absolute Gasteiger partial charge is 0.427 e. The molecule has 0 spiro atoms. The van der Waals surface area contributed by atoms with Gasteiger partial charge in [-0.3, -0.25) is 4.79 Å². The van der Waals surface area contributed by atoms with Crippen LogP contribution in [0.2, 0.25) is 0 Å². The highest BCUT2D eigenvalue weighted by atomic mass is 16.5. The Balaban J connectivity index is 0.000000219. The minimum absolute atomic E-state index is 0.304. The molecule has 0 aromatic heterocycles. The van der Waals surface area contributed by atoms with Gasteiger partial charge in [0.1, 0.15) is 5.75 Å². The molecular formula is C19H20O2. The fraction of sp³-hybridized carbons (Fsp3) is 0.105. The summed E-state index contributed by atoms with van der Waals surface area (Å²) in [6.45, 7) is 10.7. The van der Waals surface area contributed by atoms with Crippen LogP contribution in [0, 0.1) is 6.92 Å². The minimum Gasteiger partial charge on any atom is -0.427 e. The molecule has 0 atom stereocenters. The molecule has 2 nitrogen and oxygen atoms in total. The van der Waals surface area contributed by atoms with Crippen molar-refractivity contribution in [2.24, 2.45) is 0 Å². The summed E-state index contributed by atoms with van der Waals surface area (Å²) in [5.41, 5.74) is 3.48. The van der Waals surface area contributed by atoms with E-state index in [9.17, 15) is 4.79 Å². The number of ether oxygens (including phenoxy) is 1. The average Bonchev–Trinajstić information content (AvgIpc) is 2.49. The van der Waals surface area contributed by atoms with Crippen molar-refractivity contribution in [3.63, 3.8) is 0 Å². The van der Waals surface area contributed by atoms with Crippen LogP contribution in [0.3, 0.4) is 0 Å². The molecule has 0 aliphatic rings. The van der Waals surface area contributed by atoms with E-state index in [4.69, 9.17) is 4.74 Å². The maximum absolute atomic E-state index is 10.5. The molecule has 0 saturated heterocycles.